The maximum atomic E-state index is 12.5. The molecule has 3 nitrogen and oxygen atoms in total. The summed E-state index contributed by atoms with van der Waals surface area (Å²) in [6, 6.07) is 8.30. The molecule has 1 aromatic rings. The van der Waals surface area contributed by atoms with E-state index in [2.05, 4.69) is 11.8 Å². The third kappa shape index (κ3) is 3.75. The van der Waals surface area contributed by atoms with E-state index in [1.54, 1.807) is 0 Å². The summed E-state index contributed by atoms with van der Waals surface area (Å²) in [5.41, 5.74) is 7.82. The SMILES string of the molecule is CCCC1CCCCN1C(=O)CCc1ccccc1N. The van der Waals surface area contributed by atoms with Gasteiger partial charge >= 0.3 is 0 Å². The van der Waals surface area contributed by atoms with Crippen LogP contribution in [0.4, 0.5) is 5.69 Å². The number of amides is 1. The van der Waals surface area contributed by atoms with Crippen LogP contribution in [0, 0.1) is 0 Å². The van der Waals surface area contributed by atoms with Crippen LogP contribution >= 0.6 is 0 Å². The molecular formula is C17H26N2O. The molecule has 1 unspecified atom stereocenters. The average Bonchev–Trinajstić information content (AvgIpc) is 2.47. The van der Waals surface area contributed by atoms with E-state index in [-0.39, 0.29) is 0 Å². The highest BCUT2D eigenvalue weighted by molar-refractivity contribution is 5.77. The quantitative estimate of drug-likeness (QED) is 0.837. The monoisotopic (exact) mass is 274 g/mol. The van der Waals surface area contributed by atoms with Gasteiger partial charge in [0.1, 0.15) is 0 Å². The number of aryl methyl sites for hydroxylation is 1. The Kier molecular flexibility index (Phi) is 5.45. The lowest BCUT2D eigenvalue weighted by Crippen LogP contribution is -2.43. The normalized spacial score (nSPS) is 19.1. The Balaban J connectivity index is 1.91. The van der Waals surface area contributed by atoms with Crippen molar-refractivity contribution in [1.82, 2.24) is 4.90 Å². The van der Waals surface area contributed by atoms with Crippen LogP contribution in [-0.4, -0.2) is 23.4 Å². The fraction of sp³-hybridized carbons (Fsp3) is 0.588. The average molecular weight is 274 g/mol. The van der Waals surface area contributed by atoms with Gasteiger partial charge in [0.2, 0.25) is 5.91 Å². The number of benzene rings is 1. The fourth-order valence-corrected chi connectivity index (χ4v) is 3.11. The van der Waals surface area contributed by atoms with Gasteiger partial charge in [-0.05, 0) is 43.7 Å². The largest absolute Gasteiger partial charge is 0.399 e. The second-order valence-electron chi connectivity index (χ2n) is 5.72. The van der Waals surface area contributed by atoms with E-state index < -0.39 is 0 Å². The molecule has 20 heavy (non-hydrogen) atoms. The van der Waals surface area contributed by atoms with Gasteiger partial charge in [-0.15, -0.1) is 0 Å². The number of anilines is 1. The van der Waals surface area contributed by atoms with Gasteiger partial charge < -0.3 is 10.6 Å². The van der Waals surface area contributed by atoms with Gasteiger partial charge in [0.25, 0.3) is 0 Å². The molecule has 0 aromatic heterocycles. The molecule has 1 aliphatic heterocycles. The maximum absolute atomic E-state index is 12.5. The maximum Gasteiger partial charge on any atom is 0.223 e. The van der Waals surface area contributed by atoms with Crippen LogP contribution in [0.5, 0.6) is 0 Å². The minimum atomic E-state index is 0.298. The molecule has 1 saturated heterocycles. The molecule has 1 aliphatic rings. The zero-order chi connectivity index (χ0) is 14.4. The van der Waals surface area contributed by atoms with Gasteiger partial charge in [0, 0.05) is 24.7 Å². The van der Waals surface area contributed by atoms with Crippen LogP contribution in [0.2, 0.25) is 0 Å². The van der Waals surface area contributed by atoms with Crippen molar-refractivity contribution in [2.45, 2.75) is 57.9 Å². The Labute approximate surface area is 122 Å². The lowest BCUT2D eigenvalue weighted by molar-refractivity contribution is -0.135. The Morgan fingerprint density at radius 2 is 2.15 bits per heavy atom. The highest BCUT2D eigenvalue weighted by Gasteiger charge is 2.25. The molecule has 1 fully saturated rings. The first-order valence-electron chi connectivity index (χ1n) is 7.85. The third-order valence-corrected chi connectivity index (χ3v) is 4.23. The molecule has 2 N–H and O–H groups in total. The number of likely N-dealkylation sites (tertiary alicyclic amines) is 1. The summed E-state index contributed by atoms with van der Waals surface area (Å²) in [6.07, 6.45) is 7.21. The van der Waals surface area contributed by atoms with Crippen LogP contribution in [0.25, 0.3) is 0 Å². The molecule has 0 bridgehead atoms. The second kappa shape index (κ2) is 7.32. The zero-order valence-electron chi connectivity index (χ0n) is 12.5. The summed E-state index contributed by atoms with van der Waals surface area (Å²) in [5.74, 6) is 0.298. The summed E-state index contributed by atoms with van der Waals surface area (Å²) < 4.78 is 0. The van der Waals surface area contributed by atoms with Crippen LogP contribution in [0.15, 0.2) is 24.3 Å². The minimum absolute atomic E-state index is 0.298. The van der Waals surface area contributed by atoms with E-state index in [0.717, 1.165) is 43.5 Å². The van der Waals surface area contributed by atoms with Crippen molar-refractivity contribution in [2.24, 2.45) is 0 Å². The minimum Gasteiger partial charge on any atom is -0.399 e. The number of carbonyl (C=O) groups is 1. The number of piperidine rings is 1. The van der Waals surface area contributed by atoms with Crippen LogP contribution in [0.1, 0.15) is 51.0 Å². The van der Waals surface area contributed by atoms with Crippen LogP contribution in [-0.2, 0) is 11.2 Å². The predicted molar refractivity (Wildman–Crippen MR) is 83.4 cm³/mol. The van der Waals surface area contributed by atoms with Crippen molar-refractivity contribution in [3.63, 3.8) is 0 Å². The summed E-state index contributed by atoms with van der Waals surface area (Å²) >= 11 is 0. The Morgan fingerprint density at radius 3 is 2.90 bits per heavy atom. The number of nitrogen functional groups attached to an aromatic ring is 1. The van der Waals surface area contributed by atoms with Crippen molar-refractivity contribution in [1.29, 1.82) is 0 Å². The first-order chi connectivity index (χ1) is 9.72. The molecule has 1 atom stereocenters. The van der Waals surface area contributed by atoms with Crippen molar-refractivity contribution >= 4 is 11.6 Å². The number of carbonyl (C=O) groups excluding carboxylic acids is 1. The van der Waals surface area contributed by atoms with E-state index in [0.29, 0.717) is 18.4 Å². The van der Waals surface area contributed by atoms with Gasteiger partial charge in [-0.2, -0.15) is 0 Å². The fourth-order valence-electron chi connectivity index (χ4n) is 3.11. The number of nitrogens with zero attached hydrogens (tertiary/aromatic N) is 1. The van der Waals surface area contributed by atoms with Gasteiger partial charge in [-0.25, -0.2) is 0 Å². The summed E-state index contributed by atoms with van der Waals surface area (Å²) in [6.45, 7) is 3.13. The zero-order valence-corrected chi connectivity index (χ0v) is 12.5. The molecule has 0 spiro atoms. The summed E-state index contributed by atoms with van der Waals surface area (Å²) in [4.78, 5) is 14.6. The summed E-state index contributed by atoms with van der Waals surface area (Å²) in [7, 11) is 0. The van der Waals surface area contributed by atoms with Crippen LogP contribution < -0.4 is 5.73 Å². The molecule has 1 heterocycles. The summed E-state index contributed by atoms with van der Waals surface area (Å²) in [5, 5.41) is 0. The first-order valence-corrected chi connectivity index (χ1v) is 7.85. The topological polar surface area (TPSA) is 46.3 Å². The van der Waals surface area contributed by atoms with Crippen molar-refractivity contribution in [3.8, 4) is 0 Å². The first kappa shape index (κ1) is 14.9. The molecule has 3 heteroatoms. The number of rotatable bonds is 5. The molecule has 0 saturated carbocycles. The molecule has 110 valence electrons. The van der Waals surface area contributed by atoms with Crippen molar-refractivity contribution in [2.75, 3.05) is 12.3 Å². The number of hydrogen-bond acceptors (Lipinski definition) is 2. The van der Waals surface area contributed by atoms with E-state index in [9.17, 15) is 4.79 Å². The highest BCUT2D eigenvalue weighted by atomic mass is 16.2. The number of para-hydroxylation sites is 1. The molecule has 0 aliphatic carbocycles. The Morgan fingerprint density at radius 1 is 1.35 bits per heavy atom. The van der Waals surface area contributed by atoms with Crippen LogP contribution in [0.3, 0.4) is 0 Å². The van der Waals surface area contributed by atoms with Gasteiger partial charge in [-0.1, -0.05) is 31.5 Å². The van der Waals surface area contributed by atoms with Gasteiger partial charge in [-0.3, -0.25) is 4.79 Å². The van der Waals surface area contributed by atoms with Gasteiger partial charge in [0.05, 0.1) is 0 Å². The number of nitrogens with two attached hydrogens (primary N) is 1. The molecule has 0 radical (unpaired) electrons. The van der Waals surface area contributed by atoms with Crippen molar-refractivity contribution < 1.29 is 4.79 Å². The second-order valence-corrected chi connectivity index (χ2v) is 5.72. The van der Waals surface area contributed by atoms with E-state index in [1.165, 1.54) is 12.8 Å². The van der Waals surface area contributed by atoms with E-state index in [1.807, 2.05) is 24.3 Å². The molecule has 2 rings (SSSR count). The lowest BCUT2D eigenvalue weighted by atomic mass is 9.97. The molecule has 1 amide bonds. The standard InChI is InChI=1S/C17H26N2O/c1-2-7-15-9-5-6-13-19(15)17(20)12-11-14-8-3-4-10-16(14)18/h3-4,8,10,15H,2,5-7,9,11-13,18H2,1H3. The smallest absolute Gasteiger partial charge is 0.223 e. The highest BCUT2D eigenvalue weighted by Crippen LogP contribution is 2.22. The molecule has 1 aromatic carbocycles. The Bertz CT molecular complexity index is 442. The van der Waals surface area contributed by atoms with E-state index >= 15 is 0 Å². The molecular weight excluding hydrogens is 248 g/mol. The van der Waals surface area contributed by atoms with Crippen molar-refractivity contribution in [3.05, 3.63) is 29.8 Å². The van der Waals surface area contributed by atoms with E-state index in [4.69, 9.17) is 5.73 Å². The lowest BCUT2D eigenvalue weighted by Gasteiger charge is -2.36. The third-order valence-electron chi connectivity index (χ3n) is 4.23. The van der Waals surface area contributed by atoms with Gasteiger partial charge in [0.15, 0.2) is 0 Å². The Hall–Kier alpha value is -1.51. The predicted octanol–water partition coefficient (Wildman–Crippen LogP) is 3.38. The number of hydrogen-bond donors (Lipinski definition) is 1.